The molecular formula is C27H29CuF3N2O4. The second-order valence-electron chi connectivity index (χ2n) is 9.31. The Bertz CT molecular complexity index is 1100. The molecule has 0 saturated heterocycles. The minimum Gasteiger partial charge on any atom is -0.872 e. The summed E-state index contributed by atoms with van der Waals surface area (Å²) in [5.41, 5.74) is 0.699. The smallest absolute Gasteiger partial charge is 0.872 e. The standard InChI is InChI=1S/C25H27F3N2O2.C2H4O2.Cu/c1-24(2,3)20-11-6-8-17(22(20)31)14-30(16-19-10-4-5-13-29-19)15-18-9-7-12-21(23(18)32)25(26,27)28;1-2(3)4;/h4-13,31-32H,14-16H2,1-3H3;1H3,(H,3,4);/q;;+2/p-2. The van der Waals surface area contributed by atoms with Crippen LogP contribution in [0.25, 0.3) is 0 Å². The van der Waals surface area contributed by atoms with Crippen molar-refractivity contribution in [1.29, 1.82) is 0 Å². The summed E-state index contributed by atoms with van der Waals surface area (Å²) in [5, 5.41) is 32.2. The van der Waals surface area contributed by atoms with Crippen LogP contribution in [0.4, 0.5) is 13.2 Å². The number of pyridine rings is 1. The quantitative estimate of drug-likeness (QED) is 0.451. The molecule has 3 rings (SSSR count). The Morgan fingerprint density at radius 3 is 1.97 bits per heavy atom. The van der Waals surface area contributed by atoms with E-state index in [9.17, 15) is 23.4 Å². The molecule has 0 aliphatic rings. The Hall–Kier alpha value is -3.07. The van der Waals surface area contributed by atoms with Gasteiger partial charge >= 0.3 is 23.2 Å². The van der Waals surface area contributed by atoms with Gasteiger partial charge in [-0.1, -0.05) is 69.0 Å². The van der Waals surface area contributed by atoms with Gasteiger partial charge in [-0.15, -0.1) is 0 Å². The van der Waals surface area contributed by atoms with Gasteiger partial charge in [0.15, 0.2) is 0 Å². The predicted molar refractivity (Wildman–Crippen MR) is 126 cm³/mol. The SMILES string of the molecule is CC(=O)[O-].CC(C)(C)c1cccc(CN(Cc2ccccn2)Cc2cccc(C(F)(F)F)c2[O-])c1O.[Cu+2]. The van der Waals surface area contributed by atoms with Gasteiger partial charge in [0.25, 0.3) is 0 Å². The molecule has 0 fully saturated rings. The molecule has 6 nitrogen and oxygen atoms in total. The number of aliphatic carboxylic acids is 1. The minimum absolute atomic E-state index is 0. The van der Waals surface area contributed by atoms with E-state index in [1.165, 1.54) is 12.1 Å². The zero-order valence-corrected chi connectivity index (χ0v) is 21.8. The zero-order chi connectivity index (χ0) is 27.1. The van der Waals surface area contributed by atoms with E-state index in [1.807, 2.05) is 45.0 Å². The largest absolute Gasteiger partial charge is 2.00 e. The molecule has 0 saturated carbocycles. The second kappa shape index (κ2) is 13.5. The van der Waals surface area contributed by atoms with E-state index in [0.717, 1.165) is 18.6 Å². The number of hydrogen-bond acceptors (Lipinski definition) is 6. The first-order chi connectivity index (χ1) is 16.7. The molecule has 0 spiro atoms. The van der Waals surface area contributed by atoms with Crippen LogP contribution in [0.2, 0.25) is 0 Å². The molecule has 1 N–H and O–H groups in total. The maximum atomic E-state index is 13.2. The summed E-state index contributed by atoms with van der Waals surface area (Å²) in [5.74, 6) is -1.96. The number of phenolic OH excluding ortho intramolecular Hbond substituents is 1. The van der Waals surface area contributed by atoms with Crippen LogP contribution < -0.4 is 10.2 Å². The van der Waals surface area contributed by atoms with Gasteiger partial charge in [-0.2, -0.15) is 13.2 Å². The van der Waals surface area contributed by atoms with E-state index >= 15 is 0 Å². The first-order valence-electron chi connectivity index (χ1n) is 11.2. The van der Waals surface area contributed by atoms with E-state index in [2.05, 4.69) is 4.98 Å². The van der Waals surface area contributed by atoms with Crippen LogP contribution >= 0.6 is 0 Å². The average Bonchev–Trinajstić information content (AvgIpc) is 2.75. The maximum Gasteiger partial charge on any atom is 2.00 e. The molecule has 0 aliphatic carbocycles. The summed E-state index contributed by atoms with van der Waals surface area (Å²) in [6.45, 7) is 7.47. The van der Waals surface area contributed by atoms with Gasteiger partial charge in [0.1, 0.15) is 5.75 Å². The monoisotopic (exact) mass is 565 g/mol. The number of para-hydroxylation sites is 2. The maximum absolute atomic E-state index is 13.2. The molecule has 37 heavy (non-hydrogen) atoms. The van der Waals surface area contributed by atoms with Crippen LogP contribution in [-0.4, -0.2) is 21.0 Å². The van der Waals surface area contributed by atoms with Crippen LogP contribution in [-0.2, 0) is 53.1 Å². The van der Waals surface area contributed by atoms with Crippen molar-refractivity contribution >= 4 is 5.97 Å². The first kappa shape index (κ1) is 32.0. The number of aromatic hydroxyl groups is 1. The van der Waals surface area contributed by atoms with Gasteiger partial charge in [0.2, 0.25) is 0 Å². The van der Waals surface area contributed by atoms with E-state index in [1.54, 1.807) is 23.2 Å². The number of carboxylic acids is 1. The Morgan fingerprint density at radius 2 is 1.46 bits per heavy atom. The number of carboxylic acid groups (broad SMARTS) is 1. The molecular weight excluding hydrogens is 537 g/mol. The van der Waals surface area contributed by atoms with Crippen LogP contribution in [0.1, 0.15) is 55.6 Å². The first-order valence-corrected chi connectivity index (χ1v) is 11.2. The number of halogens is 3. The average molecular weight is 566 g/mol. The third kappa shape index (κ3) is 9.72. The molecule has 0 amide bonds. The van der Waals surface area contributed by atoms with Crippen molar-refractivity contribution in [3.63, 3.8) is 0 Å². The molecule has 10 heteroatoms. The van der Waals surface area contributed by atoms with Crippen LogP contribution in [0.3, 0.4) is 0 Å². The molecule has 1 heterocycles. The number of carbonyl (C=O) groups is 1. The Kier molecular flexibility index (Phi) is 11.6. The van der Waals surface area contributed by atoms with Crippen molar-refractivity contribution in [2.45, 2.75) is 58.9 Å². The van der Waals surface area contributed by atoms with Gasteiger partial charge in [-0.3, -0.25) is 9.88 Å². The Morgan fingerprint density at radius 1 is 0.919 bits per heavy atom. The molecule has 2 aromatic carbocycles. The summed E-state index contributed by atoms with van der Waals surface area (Å²) < 4.78 is 39.6. The summed E-state index contributed by atoms with van der Waals surface area (Å²) in [6, 6.07) is 14.3. The third-order valence-electron chi connectivity index (χ3n) is 5.23. The Labute approximate surface area is 225 Å². The van der Waals surface area contributed by atoms with Crippen LogP contribution in [0.5, 0.6) is 11.5 Å². The normalized spacial score (nSPS) is 11.4. The second-order valence-corrected chi connectivity index (χ2v) is 9.31. The van der Waals surface area contributed by atoms with Gasteiger partial charge in [-0.05, 0) is 35.6 Å². The minimum atomic E-state index is -4.71. The Balaban J connectivity index is 0.00000127. The molecule has 0 aliphatic heterocycles. The van der Waals surface area contributed by atoms with Crippen LogP contribution in [0, 0.1) is 0 Å². The van der Waals surface area contributed by atoms with E-state index in [-0.39, 0.29) is 46.9 Å². The molecule has 3 aromatic rings. The predicted octanol–water partition coefficient (Wildman–Crippen LogP) is 4.13. The molecule has 1 radical (unpaired) electrons. The number of phenols is 1. The summed E-state index contributed by atoms with van der Waals surface area (Å²) in [4.78, 5) is 15.0. The molecule has 0 atom stereocenters. The van der Waals surface area contributed by atoms with E-state index in [0.29, 0.717) is 17.8 Å². The summed E-state index contributed by atoms with van der Waals surface area (Å²) >= 11 is 0. The van der Waals surface area contributed by atoms with Gasteiger partial charge in [0, 0.05) is 42.9 Å². The third-order valence-corrected chi connectivity index (χ3v) is 5.23. The van der Waals surface area contributed by atoms with E-state index in [4.69, 9.17) is 9.90 Å². The van der Waals surface area contributed by atoms with Crippen molar-refractivity contribution in [1.82, 2.24) is 9.88 Å². The molecule has 0 bridgehead atoms. The fraction of sp³-hybridized carbons (Fsp3) is 0.333. The number of rotatable bonds is 6. The zero-order valence-electron chi connectivity index (χ0n) is 20.9. The number of nitrogens with zero attached hydrogens (tertiary/aromatic N) is 2. The van der Waals surface area contributed by atoms with Crippen molar-refractivity contribution < 1.29 is 50.4 Å². The number of aromatic nitrogens is 1. The number of hydrogen-bond donors (Lipinski definition) is 1. The summed E-state index contributed by atoms with van der Waals surface area (Å²) in [7, 11) is 0. The van der Waals surface area contributed by atoms with Gasteiger partial charge in [-0.25, -0.2) is 0 Å². The van der Waals surface area contributed by atoms with Gasteiger partial charge < -0.3 is 20.1 Å². The number of carbonyl (C=O) groups excluding carboxylic acids is 1. The van der Waals surface area contributed by atoms with Crippen molar-refractivity contribution in [3.05, 3.63) is 88.7 Å². The number of benzene rings is 2. The molecule has 0 unspecified atom stereocenters. The van der Waals surface area contributed by atoms with Crippen molar-refractivity contribution in [2.24, 2.45) is 0 Å². The fourth-order valence-electron chi connectivity index (χ4n) is 3.63. The molecule has 1 aromatic heterocycles. The number of alkyl halides is 3. The van der Waals surface area contributed by atoms with Crippen molar-refractivity contribution in [2.75, 3.05) is 0 Å². The fourth-order valence-corrected chi connectivity index (χ4v) is 3.63. The molecule has 203 valence electrons. The van der Waals surface area contributed by atoms with Crippen molar-refractivity contribution in [3.8, 4) is 11.5 Å². The summed E-state index contributed by atoms with van der Waals surface area (Å²) in [6.07, 6.45) is -3.08. The topological polar surface area (TPSA) is 99.5 Å². The van der Waals surface area contributed by atoms with Gasteiger partial charge in [0.05, 0.1) is 5.69 Å². The van der Waals surface area contributed by atoms with Crippen LogP contribution in [0.15, 0.2) is 60.8 Å². The van der Waals surface area contributed by atoms with E-state index < -0.39 is 23.5 Å².